The summed E-state index contributed by atoms with van der Waals surface area (Å²) in [5, 5.41) is 39.1. The lowest BCUT2D eigenvalue weighted by Crippen LogP contribution is -2.19. The molecular weight excluding hydrogens is 422 g/mol. The number of anilines is 1. The molecule has 0 aliphatic heterocycles. The number of aromatic hydroxyl groups is 1. The van der Waals surface area contributed by atoms with E-state index in [1.807, 2.05) is 0 Å². The molecule has 2 heterocycles. The summed E-state index contributed by atoms with van der Waals surface area (Å²) < 4.78 is 5.72. The molecule has 0 saturated carbocycles. The van der Waals surface area contributed by atoms with Crippen LogP contribution in [0.4, 0.5) is 11.5 Å². The number of hydrazone groups is 1. The smallest absolute Gasteiger partial charge is 0.294 e. The highest BCUT2D eigenvalue weighted by atomic mass is 16.6. The number of nitrogens with zero attached hydrogens (tertiary/aromatic N) is 7. The molecule has 0 fully saturated rings. The van der Waals surface area contributed by atoms with Crippen molar-refractivity contribution in [2.75, 3.05) is 5.73 Å². The highest BCUT2D eigenvalue weighted by molar-refractivity contribution is 5.98. The molecular formula is C18H13N9O5. The van der Waals surface area contributed by atoms with Crippen LogP contribution in [0.3, 0.4) is 0 Å². The molecule has 4 aromatic rings. The van der Waals surface area contributed by atoms with E-state index in [1.54, 1.807) is 12.1 Å². The summed E-state index contributed by atoms with van der Waals surface area (Å²) in [6.45, 7) is 0. The molecule has 0 aliphatic carbocycles. The van der Waals surface area contributed by atoms with E-state index < -0.39 is 10.8 Å². The Balaban J connectivity index is 1.69. The Morgan fingerprint density at radius 3 is 2.53 bits per heavy atom. The second-order valence-electron chi connectivity index (χ2n) is 6.27. The van der Waals surface area contributed by atoms with Gasteiger partial charge in [0.05, 0.1) is 11.1 Å². The number of nitrogens with two attached hydrogens (primary N) is 1. The summed E-state index contributed by atoms with van der Waals surface area (Å²) in [5.74, 6) is -0.736. The van der Waals surface area contributed by atoms with E-state index in [4.69, 9.17) is 5.73 Å². The summed E-state index contributed by atoms with van der Waals surface area (Å²) in [4.78, 5) is 23.2. The lowest BCUT2D eigenvalue weighted by atomic mass is 10.1. The van der Waals surface area contributed by atoms with Crippen molar-refractivity contribution in [2.45, 2.75) is 0 Å². The van der Waals surface area contributed by atoms with E-state index in [2.05, 4.69) is 35.8 Å². The van der Waals surface area contributed by atoms with Gasteiger partial charge in [0.15, 0.2) is 5.69 Å². The van der Waals surface area contributed by atoms with Crippen LogP contribution in [-0.4, -0.2) is 47.5 Å². The van der Waals surface area contributed by atoms with Gasteiger partial charge in [-0.3, -0.25) is 14.9 Å². The number of carbonyl (C=O) groups is 1. The lowest BCUT2D eigenvalue weighted by molar-refractivity contribution is -0.384. The molecule has 0 radical (unpaired) electrons. The summed E-state index contributed by atoms with van der Waals surface area (Å²) in [5.41, 5.74) is 8.92. The predicted molar refractivity (Wildman–Crippen MR) is 109 cm³/mol. The second kappa shape index (κ2) is 8.31. The number of hydrogen-bond donors (Lipinski definition) is 3. The zero-order valence-corrected chi connectivity index (χ0v) is 16.0. The van der Waals surface area contributed by atoms with Crippen LogP contribution in [0.2, 0.25) is 0 Å². The zero-order chi connectivity index (χ0) is 22.7. The van der Waals surface area contributed by atoms with Gasteiger partial charge in [0, 0.05) is 17.7 Å². The van der Waals surface area contributed by atoms with E-state index in [1.165, 1.54) is 42.6 Å². The molecule has 4 rings (SSSR count). The van der Waals surface area contributed by atoms with Crippen molar-refractivity contribution in [3.8, 4) is 22.8 Å². The molecule has 14 heteroatoms. The van der Waals surface area contributed by atoms with Crippen molar-refractivity contribution in [3.05, 3.63) is 69.9 Å². The van der Waals surface area contributed by atoms with Crippen molar-refractivity contribution in [1.29, 1.82) is 0 Å². The van der Waals surface area contributed by atoms with Gasteiger partial charge in [-0.05, 0) is 52.3 Å². The van der Waals surface area contributed by atoms with Crippen LogP contribution in [0, 0.1) is 10.1 Å². The van der Waals surface area contributed by atoms with E-state index in [9.17, 15) is 20.0 Å². The molecule has 2 aromatic carbocycles. The minimum atomic E-state index is -0.713. The molecule has 32 heavy (non-hydrogen) atoms. The number of phenolic OH excluding ortho intramolecular Hbond substituents is 1. The van der Waals surface area contributed by atoms with Crippen molar-refractivity contribution >= 4 is 23.6 Å². The lowest BCUT2D eigenvalue weighted by Gasteiger charge is -2.05. The van der Waals surface area contributed by atoms with Gasteiger partial charge in [-0.1, -0.05) is 5.21 Å². The average molecular weight is 435 g/mol. The summed E-state index contributed by atoms with van der Waals surface area (Å²) in [7, 11) is 0. The third kappa shape index (κ3) is 3.95. The van der Waals surface area contributed by atoms with Gasteiger partial charge in [0.1, 0.15) is 11.4 Å². The summed E-state index contributed by atoms with van der Waals surface area (Å²) in [6.07, 6.45) is 1.37. The standard InChI is InChI=1S/C18H13N9O5/c19-16-17(24-32-23-16)26-15(11-3-5-12(6-4-11)27(30)31)14(21-25-26)18(29)22-20-9-10-1-7-13(28)8-2-10/h1-9,28H,(H2,19,23)(H,22,29)/b20-9+. The molecule has 0 spiro atoms. The molecule has 14 nitrogen and oxygen atoms in total. The van der Waals surface area contributed by atoms with Crippen LogP contribution in [0.1, 0.15) is 16.1 Å². The quantitative estimate of drug-likeness (QED) is 0.225. The first-order chi connectivity index (χ1) is 15.4. The SMILES string of the molecule is Nc1nonc1-n1nnc(C(=O)N/N=C/c2ccc(O)cc2)c1-c1ccc([N+](=O)[O-])cc1. The molecule has 160 valence electrons. The predicted octanol–water partition coefficient (Wildman–Crippen LogP) is 1.28. The fourth-order valence-corrected chi connectivity index (χ4v) is 2.70. The Bertz CT molecular complexity index is 1310. The number of nitro benzene ring substituents is 1. The van der Waals surface area contributed by atoms with Gasteiger partial charge >= 0.3 is 0 Å². The number of nitro groups is 1. The number of amides is 1. The first-order valence-electron chi connectivity index (χ1n) is 8.85. The molecule has 4 N–H and O–H groups in total. The van der Waals surface area contributed by atoms with Crippen molar-refractivity contribution in [2.24, 2.45) is 5.10 Å². The van der Waals surface area contributed by atoms with E-state index >= 15 is 0 Å². The third-order valence-electron chi connectivity index (χ3n) is 4.21. The maximum Gasteiger partial charge on any atom is 0.294 e. The van der Waals surface area contributed by atoms with Crippen LogP contribution in [-0.2, 0) is 0 Å². The van der Waals surface area contributed by atoms with E-state index in [-0.39, 0.29) is 34.5 Å². The number of nitrogens with one attached hydrogen (secondary N) is 1. The Morgan fingerprint density at radius 1 is 1.19 bits per heavy atom. The van der Waals surface area contributed by atoms with Gasteiger partial charge in [-0.15, -0.1) is 5.10 Å². The van der Waals surface area contributed by atoms with Gasteiger partial charge in [0.2, 0.25) is 11.6 Å². The zero-order valence-electron chi connectivity index (χ0n) is 16.0. The molecule has 0 saturated heterocycles. The molecule has 1 amide bonds. The minimum Gasteiger partial charge on any atom is -0.508 e. The van der Waals surface area contributed by atoms with Gasteiger partial charge in [0.25, 0.3) is 11.6 Å². The number of carbonyl (C=O) groups excluding carboxylic acids is 1. The van der Waals surface area contributed by atoms with Crippen LogP contribution < -0.4 is 11.2 Å². The number of non-ortho nitro benzene ring substituents is 1. The molecule has 0 unspecified atom stereocenters. The Kier molecular flexibility index (Phi) is 5.23. The maximum absolute atomic E-state index is 12.7. The second-order valence-corrected chi connectivity index (χ2v) is 6.27. The van der Waals surface area contributed by atoms with Gasteiger partial charge in [-0.25, -0.2) is 10.1 Å². The fraction of sp³-hybridized carbons (Fsp3) is 0. The highest BCUT2D eigenvalue weighted by Crippen LogP contribution is 2.28. The number of benzene rings is 2. The van der Waals surface area contributed by atoms with Crippen molar-refractivity contribution in [1.82, 2.24) is 30.7 Å². The van der Waals surface area contributed by atoms with Crippen LogP contribution in [0.15, 0.2) is 58.3 Å². The number of hydrogen-bond acceptors (Lipinski definition) is 11. The monoisotopic (exact) mass is 435 g/mol. The molecule has 0 bridgehead atoms. The Morgan fingerprint density at radius 2 is 1.91 bits per heavy atom. The summed E-state index contributed by atoms with van der Waals surface area (Å²) >= 11 is 0. The van der Waals surface area contributed by atoms with E-state index in [0.717, 1.165) is 4.68 Å². The highest BCUT2D eigenvalue weighted by Gasteiger charge is 2.25. The van der Waals surface area contributed by atoms with Gasteiger partial charge < -0.3 is 10.8 Å². The number of nitrogen functional groups attached to an aromatic ring is 1. The fourth-order valence-electron chi connectivity index (χ4n) is 2.70. The van der Waals surface area contributed by atoms with Crippen molar-refractivity contribution in [3.63, 3.8) is 0 Å². The van der Waals surface area contributed by atoms with Gasteiger partial charge in [-0.2, -0.15) is 9.78 Å². The van der Waals surface area contributed by atoms with Crippen LogP contribution in [0.25, 0.3) is 17.1 Å². The Hall–Kier alpha value is -5.14. The molecule has 0 aliphatic rings. The Labute approximate surface area is 178 Å². The topological polar surface area (TPSA) is 200 Å². The first-order valence-corrected chi connectivity index (χ1v) is 8.85. The molecule has 2 aromatic heterocycles. The first kappa shape index (κ1) is 20.1. The van der Waals surface area contributed by atoms with E-state index in [0.29, 0.717) is 11.1 Å². The number of aromatic nitrogens is 5. The maximum atomic E-state index is 12.7. The van der Waals surface area contributed by atoms with Crippen molar-refractivity contribution < 1.29 is 19.5 Å². The van der Waals surface area contributed by atoms with Crippen LogP contribution >= 0.6 is 0 Å². The van der Waals surface area contributed by atoms with Crippen LogP contribution in [0.5, 0.6) is 5.75 Å². The average Bonchev–Trinajstić information content (AvgIpc) is 3.41. The molecule has 0 atom stereocenters. The number of rotatable bonds is 6. The third-order valence-corrected chi connectivity index (χ3v) is 4.21. The normalized spacial score (nSPS) is 11.0. The minimum absolute atomic E-state index is 0.0162. The largest absolute Gasteiger partial charge is 0.508 e. The summed E-state index contributed by atoms with van der Waals surface area (Å²) in [6, 6.07) is 11.5. The number of phenols is 1.